The molecule has 1 aliphatic rings. The van der Waals surface area contributed by atoms with Gasteiger partial charge in [-0.2, -0.15) is 0 Å². The van der Waals surface area contributed by atoms with Gasteiger partial charge in [-0.05, 0) is 44.2 Å². The summed E-state index contributed by atoms with van der Waals surface area (Å²) in [6.07, 6.45) is 3.70. The Hall–Kier alpha value is -1.22. The maximum Gasteiger partial charge on any atom is 0.146 e. The summed E-state index contributed by atoms with van der Waals surface area (Å²) in [5, 5.41) is -0.0944. The molecule has 1 aromatic carbocycles. The predicted molar refractivity (Wildman–Crippen MR) is 82.6 cm³/mol. The lowest BCUT2D eigenvalue weighted by atomic mass is 10.1. The van der Waals surface area contributed by atoms with Gasteiger partial charge in [-0.1, -0.05) is 13.0 Å². The second kappa shape index (κ2) is 5.28. The van der Waals surface area contributed by atoms with Crippen molar-refractivity contribution in [2.24, 2.45) is 5.92 Å². The molecule has 0 bridgehead atoms. The fraction of sp³-hybridized carbons (Fsp3) is 0.562. The number of para-hydroxylation sites is 1. The number of imidazole rings is 1. The molecule has 1 heterocycles. The van der Waals surface area contributed by atoms with Crippen LogP contribution in [0, 0.1) is 5.92 Å². The minimum Gasteiger partial charge on any atom is -0.494 e. The number of rotatable bonds is 3. The number of methoxy groups -OCH3 is 1. The van der Waals surface area contributed by atoms with Crippen LogP contribution in [0.3, 0.4) is 0 Å². The Labute approximate surface area is 124 Å². The van der Waals surface area contributed by atoms with E-state index in [1.54, 1.807) is 7.11 Å². The number of fused-ring (bicyclic) bond motifs is 1. The summed E-state index contributed by atoms with van der Waals surface area (Å²) in [5.41, 5.74) is 2.07. The van der Waals surface area contributed by atoms with E-state index in [4.69, 9.17) is 21.3 Å². The molecule has 0 spiro atoms. The van der Waals surface area contributed by atoms with Gasteiger partial charge in [-0.15, -0.1) is 11.6 Å². The van der Waals surface area contributed by atoms with Crippen LogP contribution in [0.5, 0.6) is 5.75 Å². The monoisotopic (exact) mass is 292 g/mol. The number of aromatic nitrogens is 2. The van der Waals surface area contributed by atoms with Gasteiger partial charge < -0.3 is 9.30 Å². The standard InChI is InChI=1S/C16H21ClN2O/c1-10-7-8-12(9-10)19-13-5-4-6-14(20-3)15(13)18-16(19)11(2)17/h4-6,10-12H,7-9H2,1-3H3. The van der Waals surface area contributed by atoms with E-state index in [2.05, 4.69) is 17.6 Å². The van der Waals surface area contributed by atoms with Crippen LogP contribution in [0.1, 0.15) is 50.4 Å². The topological polar surface area (TPSA) is 27.1 Å². The summed E-state index contributed by atoms with van der Waals surface area (Å²) < 4.78 is 7.79. The van der Waals surface area contributed by atoms with Crippen LogP contribution in [0.15, 0.2) is 18.2 Å². The summed E-state index contributed by atoms with van der Waals surface area (Å²) >= 11 is 6.37. The average molecular weight is 293 g/mol. The van der Waals surface area contributed by atoms with Crippen molar-refractivity contribution in [2.75, 3.05) is 7.11 Å². The Balaban J connectivity index is 2.19. The number of benzene rings is 1. The molecule has 1 aliphatic carbocycles. The van der Waals surface area contributed by atoms with Crippen LogP contribution < -0.4 is 4.74 Å². The van der Waals surface area contributed by atoms with E-state index in [1.165, 1.54) is 19.3 Å². The molecule has 0 saturated heterocycles. The molecule has 4 heteroatoms. The number of ether oxygens (including phenoxy) is 1. The Kier molecular flexibility index (Phi) is 3.63. The molecular formula is C16H21ClN2O. The van der Waals surface area contributed by atoms with Crippen LogP contribution in [-0.2, 0) is 0 Å². The lowest BCUT2D eigenvalue weighted by Gasteiger charge is -2.17. The van der Waals surface area contributed by atoms with Crippen molar-refractivity contribution >= 4 is 22.6 Å². The smallest absolute Gasteiger partial charge is 0.146 e. The van der Waals surface area contributed by atoms with Gasteiger partial charge in [-0.25, -0.2) is 4.98 Å². The summed E-state index contributed by atoms with van der Waals surface area (Å²) in [6, 6.07) is 6.62. The van der Waals surface area contributed by atoms with Gasteiger partial charge in [0.05, 0.1) is 18.0 Å². The zero-order valence-electron chi connectivity index (χ0n) is 12.3. The van der Waals surface area contributed by atoms with E-state index >= 15 is 0 Å². The number of halogens is 1. The molecule has 1 saturated carbocycles. The highest BCUT2D eigenvalue weighted by Gasteiger charge is 2.28. The highest BCUT2D eigenvalue weighted by Crippen LogP contribution is 2.40. The first-order valence-corrected chi connectivity index (χ1v) is 7.74. The molecule has 2 aromatic rings. The van der Waals surface area contributed by atoms with E-state index in [0.717, 1.165) is 28.5 Å². The van der Waals surface area contributed by atoms with Gasteiger partial charge in [0.15, 0.2) is 0 Å². The van der Waals surface area contributed by atoms with Gasteiger partial charge in [-0.3, -0.25) is 0 Å². The number of nitrogens with zero attached hydrogens (tertiary/aromatic N) is 2. The van der Waals surface area contributed by atoms with Crippen LogP contribution in [-0.4, -0.2) is 16.7 Å². The molecule has 0 amide bonds. The summed E-state index contributed by atoms with van der Waals surface area (Å²) in [7, 11) is 1.69. The highest BCUT2D eigenvalue weighted by molar-refractivity contribution is 6.20. The molecular weight excluding hydrogens is 272 g/mol. The molecule has 1 aromatic heterocycles. The van der Waals surface area contributed by atoms with Crippen molar-refractivity contribution in [1.29, 1.82) is 0 Å². The van der Waals surface area contributed by atoms with Gasteiger partial charge in [0.25, 0.3) is 0 Å². The molecule has 0 aliphatic heterocycles. The van der Waals surface area contributed by atoms with E-state index in [-0.39, 0.29) is 5.38 Å². The molecule has 3 nitrogen and oxygen atoms in total. The maximum atomic E-state index is 6.37. The third kappa shape index (κ3) is 2.18. The van der Waals surface area contributed by atoms with Crippen molar-refractivity contribution in [1.82, 2.24) is 9.55 Å². The molecule has 3 unspecified atom stereocenters. The third-order valence-corrected chi connectivity index (χ3v) is 4.51. The lowest BCUT2D eigenvalue weighted by molar-refractivity contribution is 0.419. The lowest BCUT2D eigenvalue weighted by Crippen LogP contribution is -2.10. The fourth-order valence-electron chi connectivity index (χ4n) is 3.35. The van der Waals surface area contributed by atoms with Crippen molar-refractivity contribution < 1.29 is 4.74 Å². The fourth-order valence-corrected chi connectivity index (χ4v) is 3.50. The quantitative estimate of drug-likeness (QED) is 0.766. The highest BCUT2D eigenvalue weighted by atomic mass is 35.5. The third-order valence-electron chi connectivity index (χ3n) is 4.32. The Morgan fingerprint density at radius 3 is 2.80 bits per heavy atom. The molecule has 3 rings (SSSR count). The van der Waals surface area contributed by atoms with Gasteiger partial charge >= 0.3 is 0 Å². The number of alkyl halides is 1. The Bertz CT molecular complexity index is 620. The maximum absolute atomic E-state index is 6.37. The van der Waals surface area contributed by atoms with E-state index in [9.17, 15) is 0 Å². The van der Waals surface area contributed by atoms with Crippen LogP contribution in [0.4, 0.5) is 0 Å². The number of hydrogen-bond acceptors (Lipinski definition) is 2. The SMILES string of the molecule is COc1cccc2c1nc(C(C)Cl)n2C1CCC(C)C1. The largest absolute Gasteiger partial charge is 0.494 e. The van der Waals surface area contributed by atoms with Gasteiger partial charge in [0.1, 0.15) is 17.1 Å². The van der Waals surface area contributed by atoms with Gasteiger partial charge in [0.2, 0.25) is 0 Å². The number of hydrogen-bond donors (Lipinski definition) is 0. The van der Waals surface area contributed by atoms with E-state index in [1.807, 2.05) is 19.1 Å². The summed E-state index contributed by atoms with van der Waals surface area (Å²) in [5.74, 6) is 2.57. The zero-order valence-corrected chi connectivity index (χ0v) is 13.0. The normalized spacial score (nSPS) is 24.2. The molecule has 108 valence electrons. The molecule has 0 radical (unpaired) electrons. The second-order valence-corrected chi connectivity index (χ2v) is 6.51. The second-order valence-electron chi connectivity index (χ2n) is 5.86. The van der Waals surface area contributed by atoms with Crippen LogP contribution >= 0.6 is 11.6 Å². The summed E-state index contributed by atoms with van der Waals surface area (Å²) in [6.45, 7) is 4.31. The minimum absolute atomic E-state index is 0.0944. The van der Waals surface area contributed by atoms with Crippen LogP contribution in [0.2, 0.25) is 0 Å². The molecule has 0 N–H and O–H groups in total. The first-order chi connectivity index (χ1) is 9.61. The molecule has 20 heavy (non-hydrogen) atoms. The van der Waals surface area contributed by atoms with Crippen LogP contribution in [0.25, 0.3) is 11.0 Å². The van der Waals surface area contributed by atoms with Crippen molar-refractivity contribution in [3.8, 4) is 5.75 Å². The Morgan fingerprint density at radius 1 is 1.40 bits per heavy atom. The van der Waals surface area contributed by atoms with Gasteiger partial charge in [0, 0.05) is 6.04 Å². The molecule has 3 atom stereocenters. The van der Waals surface area contributed by atoms with E-state index < -0.39 is 0 Å². The first kappa shape index (κ1) is 13.7. The Morgan fingerprint density at radius 2 is 2.20 bits per heavy atom. The van der Waals surface area contributed by atoms with Crippen molar-refractivity contribution in [2.45, 2.75) is 44.5 Å². The van der Waals surface area contributed by atoms with Crippen molar-refractivity contribution in [3.05, 3.63) is 24.0 Å². The zero-order chi connectivity index (χ0) is 14.3. The van der Waals surface area contributed by atoms with E-state index in [0.29, 0.717) is 6.04 Å². The minimum atomic E-state index is -0.0944. The summed E-state index contributed by atoms with van der Waals surface area (Å²) in [4.78, 5) is 4.76. The van der Waals surface area contributed by atoms with Crippen molar-refractivity contribution in [3.63, 3.8) is 0 Å². The predicted octanol–water partition coefficient (Wildman–Crippen LogP) is 4.71. The first-order valence-electron chi connectivity index (χ1n) is 7.30. The molecule has 1 fully saturated rings. The average Bonchev–Trinajstić information content (AvgIpc) is 3.01.